The first kappa shape index (κ1) is 16.1. The van der Waals surface area contributed by atoms with Crippen LogP contribution in [0.25, 0.3) is 10.8 Å². The second-order valence-electron chi connectivity index (χ2n) is 5.96. The summed E-state index contributed by atoms with van der Waals surface area (Å²) in [4.78, 5) is 25.8. The predicted molar refractivity (Wildman–Crippen MR) is 94.5 cm³/mol. The van der Waals surface area contributed by atoms with Crippen molar-refractivity contribution >= 4 is 22.7 Å². The van der Waals surface area contributed by atoms with Crippen LogP contribution in [0.2, 0.25) is 0 Å². The minimum atomic E-state index is -0.264. The van der Waals surface area contributed by atoms with Crippen molar-refractivity contribution in [1.29, 1.82) is 0 Å². The molecule has 1 aliphatic heterocycles. The summed E-state index contributed by atoms with van der Waals surface area (Å²) in [5.74, 6) is 0.0666. The molecule has 2 aromatic carbocycles. The second-order valence-corrected chi connectivity index (χ2v) is 5.96. The SMILES string of the molecule is C=CCNC(=O)NC1CC(=O)N(Cc2cccc3ccccc23)C1. The van der Waals surface area contributed by atoms with Crippen LogP contribution in [0.1, 0.15) is 12.0 Å². The van der Waals surface area contributed by atoms with E-state index < -0.39 is 0 Å². The van der Waals surface area contributed by atoms with Crippen molar-refractivity contribution in [2.45, 2.75) is 19.0 Å². The molecular weight excluding hydrogens is 302 g/mol. The predicted octanol–water partition coefficient (Wildman–Crippen LogP) is 2.43. The smallest absolute Gasteiger partial charge is 0.315 e. The van der Waals surface area contributed by atoms with Crippen LogP contribution < -0.4 is 10.6 Å². The fourth-order valence-corrected chi connectivity index (χ4v) is 3.06. The number of likely N-dealkylation sites (tertiary alicyclic amines) is 1. The summed E-state index contributed by atoms with van der Waals surface area (Å²) in [7, 11) is 0. The molecule has 5 nitrogen and oxygen atoms in total. The number of carbonyl (C=O) groups is 2. The molecule has 3 rings (SSSR count). The third kappa shape index (κ3) is 3.56. The second kappa shape index (κ2) is 7.17. The third-order valence-corrected chi connectivity index (χ3v) is 4.20. The van der Waals surface area contributed by atoms with Gasteiger partial charge in [0.25, 0.3) is 0 Å². The number of hydrogen-bond acceptors (Lipinski definition) is 2. The van der Waals surface area contributed by atoms with Gasteiger partial charge in [0.15, 0.2) is 0 Å². The summed E-state index contributed by atoms with van der Waals surface area (Å²) in [6, 6.07) is 13.9. The van der Waals surface area contributed by atoms with Crippen LogP contribution in [0, 0.1) is 0 Å². The molecule has 1 heterocycles. The fraction of sp³-hybridized carbons (Fsp3) is 0.263. The van der Waals surface area contributed by atoms with Crippen LogP contribution in [0.3, 0.4) is 0 Å². The van der Waals surface area contributed by atoms with Gasteiger partial charge in [-0.3, -0.25) is 4.79 Å². The van der Waals surface area contributed by atoms with Gasteiger partial charge in [0.05, 0.1) is 6.04 Å². The Morgan fingerprint density at radius 2 is 2.04 bits per heavy atom. The standard InChI is InChI=1S/C19H21N3O2/c1-2-10-20-19(24)21-16-11-18(23)22(13-16)12-15-8-5-7-14-6-3-4-9-17(14)15/h2-9,16H,1,10-13H2,(H2,20,21,24). The number of fused-ring (bicyclic) bond motifs is 1. The highest BCUT2D eigenvalue weighted by atomic mass is 16.2. The van der Waals surface area contributed by atoms with Crippen molar-refractivity contribution in [2.24, 2.45) is 0 Å². The van der Waals surface area contributed by atoms with Crippen LogP contribution >= 0.6 is 0 Å². The molecule has 0 aromatic heterocycles. The Kier molecular flexibility index (Phi) is 4.79. The number of nitrogens with zero attached hydrogens (tertiary/aromatic N) is 1. The van der Waals surface area contributed by atoms with E-state index in [1.54, 1.807) is 11.0 Å². The van der Waals surface area contributed by atoms with Crippen molar-refractivity contribution in [2.75, 3.05) is 13.1 Å². The molecule has 5 heteroatoms. The Hall–Kier alpha value is -2.82. The summed E-state index contributed by atoms with van der Waals surface area (Å²) in [6.07, 6.45) is 1.96. The number of rotatable bonds is 5. The summed E-state index contributed by atoms with van der Waals surface area (Å²) < 4.78 is 0. The number of carbonyl (C=O) groups excluding carboxylic acids is 2. The van der Waals surface area contributed by atoms with E-state index in [1.165, 1.54) is 5.39 Å². The van der Waals surface area contributed by atoms with Crippen molar-refractivity contribution in [3.63, 3.8) is 0 Å². The Labute approximate surface area is 141 Å². The monoisotopic (exact) mass is 323 g/mol. The topological polar surface area (TPSA) is 61.4 Å². The molecule has 1 aliphatic rings. The zero-order valence-electron chi connectivity index (χ0n) is 13.5. The van der Waals surface area contributed by atoms with E-state index in [1.807, 2.05) is 24.3 Å². The summed E-state index contributed by atoms with van der Waals surface area (Å²) in [5, 5.41) is 7.83. The quantitative estimate of drug-likeness (QED) is 0.830. The van der Waals surface area contributed by atoms with E-state index in [2.05, 4.69) is 35.4 Å². The molecule has 2 aromatic rings. The molecule has 0 aliphatic carbocycles. The van der Waals surface area contributed by atoms with Crippen LogP contribution in [0.4, 0.5) is 4.79 Å². The van der Waals surface area contributed by atoms with Gasteiger partial charge in [-0.25, -0.2) is 4.79 Å². The van der Waals surface area contributed by atoms with E-state index in [4.69, 9.17) is 0 Å². The number of hydrogen-bond donors (Lipinski definition) is 2. The maximum absolute atomic E-state index is 12.3. The molecule has 1 fully saturated rings. The fourth-order valence-electron chi connectivity index (χ4n) is 3.06. The van der Waals surface area contributed by atoms with Gasteiger partial charge < -0.3 is 15.5 Å². The molecule has 0 spiro atoms. The third-order valence-electron chi connectivity index (χ3n) is 4.20. The highest BCUT2D eigenvalue weighted by Gasteiger charge is 2.30. The Morgan fingerprint density at radius 1 is 1.25 bits per heavy atom. The lowest BCUT2D eigenvalue weighted by atomic mass is 10.0. The van der Waals surface area contributed by atoms with Gasteiger partial charge >= 0.3 is 6.03 Å². The highest BCUT2D eigenvalue weighted by Crippen LogP contribution is 2.22. The number of amides is 3. The Balaban J connectivity index is 1.66. The van der Waals surface area contributed by atoms with Crippen LogP contribution in [-0.4, -0.2) is 36.0 Å². The average Bonchev–Trinajstić information content (AvgIpc) is 2.92. The van der Waals surface area contributed by atoms with Gasteiger partial charge in [-0.15, -0.1) is 6.58 Å². The van der Waals surface area contributed by atoms with Gasteiger partial charge in [-0.05, 0) is 16.3 Å². The summed E-state index contributed by atoms with van der Waals surface area (Å²) in [5.41, 5.74) is 1.12. The Bertz CT molecular complexity index is 767. The minimum absolute atomic E-state index is 0.0666. The molecule has 1 saturated heterocycles. The lowest BCUT2D eigenvalue weighted by Crippen LogP contribution is -2.43. The van der Waals surface area contributed by atoms with E-state index in [9.17, 15) is 9.59 Å². The van der Waals surface area contributed by atoms with Gasteiger partial charge in [0.2, 0.25) is 5.91 Å². The van der Waals surface area contributed by atoms with Crippen LogP contribution in [0.5, 0.6) is 0 Å². The molecule has 3 amide bonds. The number of nitrogens with one attached hydrogen (secondary N) is 2. The zero-order chi connectivity index (χ0) is 16.9. The first-order valence-electron chi connectivity index (χ1n) is 8.07. The van der Waals surface area contributed by atoms with Gasteiger partial charge in [0.1, 0.15) is 0 Å². The molecular formula is C19H21N3O2. The van der Waals surface area contributed by atoms with Crippen molar-refractivity contribution < 1.29 is 9.59 Å². The van der Waals surface area contributed by atoms with Crippen LogP contribution in [0.15, 0.2) is 55.1 Å². The summed E-state index contributed by atoms with van der Waals surface area (Å²) >= 11 is 0. The lowest BCUT2D eigenvalue weighted by Gasteiger charge is -2.18. The summed E-state index contributed by atoms with van der Waals surface area (Å²) in [6.45, 7) is 5.06. The molecule has 0 bridgehead atoms. The van der Waals surface area contributed by atoms with Gasteiger partial charge in [-0.1, -0.05) is 48.5 Å². The lowest BCUT2D eigenvalue weighted by molar-refractivity contribution is -0.128. The average molecular weight is 323 g/mol. The molecule has 1 atom stereocenters. The highest BCUT2D eigenvalue weighted by molar-refractivity contribution is 5.87. The molecule has 0 radical (unpaired) electrons. The van der Waals surface area contributed by atoms with Crippen molar-refractivity contribution in [3.8, 4) is 0 Å². The molecule has 1 unspecified atom stereocenters. The molecule has 24 heavy (non-hydrogen) atoms. The Morgan fingerprint density at radius 3 is 2.88 bits per heavy atom. The normalized spacial score (nSPS) is 17.1. The van der Waals surface area contributed by atoms with Crippen molar-refractivity contribution in [1.82, 2.24) is 15.5 Å². The minimum Gasteiger partial charge on any atom is -0.336 e. The number of benzene rings is 2. The molecule has 2 N–H and O–H groups in total. The first-order chi connectivity index (χ1) is 11.7. The molecule has 0 saturated carbocycles. The van der Waals surface area contributed by atoms with Crippen molar-refractivity contribution in [3.05, 3.63) is 60.7 Å². The van der Waals surface area contributed by atoms with Gasteiger partial charge in [0, 0.05) is 26.1 Å². The van der Waals surface area contributed by atoms with E-state index in [-0.39, 0.29) is 18.0 Å². The van der Waals surface area contributed by atoms with E-state index >= 15 is 0 Å². The van der Waals surface area contributed by atoms with E-state index in [0.717, 1.165) is 10.9 Å². The maximum Gasteiger partial charge on any atom is 0.315 e. The van der Waals surface area contributed by atoms with E-state index in [0.29, 0.717) is 26.1 Å². The van der Waals surface area contributed by atoms with Crippen LogP contribution in [-0.2, 0) is 11.3 Å². The number of urea groups is 1. The zero-order valence-corrected chi connectivity index (χ0v) is 13.5. The van der Waals surface area contributed by atoms with Gasteiger partial charge in [-0.2, -0.15) is 0 Å². The largest absolute Gasteiger partial charge is 0.336 e. The first-order valence-corrected chi connectivity index (χ1v) is 8.07. The maximum atomic E-state index is 12.3. The molecule has 124 valence electrons.